The van der Waals surface area contributed by atoms with Gasteiger partial charge in [0.1, 0.15) is 11.3 Å². The minimum absolute atomic E-state index is 0.151. The molecule has 0 aromatic carbocycles. The molecule has 1 aromatic rings. The smallest absolute Gasteiger partial charge is 0.339 e. The van der Waals surface area contributed by atoms with Crippen LogP contribution in [0.2, 0.25) is 0 Å². The molecule has 2 N–H and O–H groups in total. The number of ether oxygens (including phenoxy) is 1. The molecule has 1 rings (SSSR count). The molecule has 0 fully saturated rings. The van der Waals surface area contributed by atoms with Gasteiger partial charge in [-0.25, -0.2) is 4.79 Å². The maximum Gasteiger partial charge on any atom is 0.339 e. The number of aliphatic hydroxyl groups excluding tert-OH is 1. The maximum absolute atomic E-state index is 10.8. The van der Waals surface area contributed by atoms with Crippen molar-refractivity contribution >= 4 is 5.97 Å². The number of rotatable bonds is 7. The van der Waals surface area contributed by atoms with Crippen LogP contribution in [-0.4, -0.2) is 54.5 Å². The van der Waals surface area contributed by atoms with Crippen LogP contribution in [0.15, 0.2) is 16.7 Å². The molecular weight excluding hydrogens is 226 g/mol. The zero-order chi connectivity index (χ0) is 12.8. The van der Waals surface area contributed by atoms with E-state index in [9.17, 15) is 9.90 Å². The van der Waals surface area contributed by atoms with Gasteiger partial charge in [-0.05, 0) is 13.1 Å². The van der Waals surface area contributed by atoms with E-state index in [1.807, 2.05) is 0 Å². The predicted octanol–water partition coefficient (Wildman–Crippen LogP) is 0.417. The molecule has 0 aliphatic rings. The lowest BCUT2D eigenvalue weighted by molar-refractivity contribution is 0.0405. The largest absolute Gasteiger partial charge is 0.478 e. The van der Waals surface area contributed by atoms with Gasteiger partial charge in [0.25, 0.3) is 0 Å². The lowest BCUT2D eigenvalue weighted by Crippen LogP contribution is -2.31. The van der Waals surface area contributed by atoms with E-state index in [0.29, 0.717) is 18.8 Å². The van der Waals surface area contributed by atoms with Gasteiger partial charge >= 0.3 is 5.97 Å². The first-order valence-electron chi connectivity index (χ1n) is 5.19. The molecule has 0 aliphatic carbocycles. The fraction of sp³-hybridized carbons (Fsp3) is 0.545. The van der Waals surface area contributed by atoms with Crippen LogP contribution in [0, 0.1) is 0 Å². The molecule has 0 aliphatic heterocycles. The standard InChI is InChI=1S/C11H17NO5/c1-12(5-8(13)7-16-2)6-10-9(11(14)15)3-4-17-10/h3-4,8,13H,5-7H2,1-2H3,(H,14,15). The molecule has 96 valence electrons. The number of hydrogen-bond acceptors (Lipinski definition) is 5. The van der Waals surface area contributed by atoms with Crippen molar-refractivity contribution in [2.45, 2.75) is 12.6 Å². The first-order valence-corrected chi connectivity index (χ1v) is 5.19. The highest BCUT2D eigenvalue weighted by Crippen LogP contribution is 2.12. The number of furan rings is 1. The Hall–Kier alpha value is -1.37. The molecule has 1 aromatic heterocycles. The molecule has 6 nitrogen and oxygen atoms in total. The van der Waals surface area contributed by atoms with Crippen LogP contribution < -0.4 is 0 Å². The number of carbonyl (C=O) groups is 1. The molecule has 0 spiro atoms. The number of methoxy groups -OCH3 is 1. The molecule has 0 bridgehead atoms. The van der Waals surface area contributed by atoms with E-state index in [-0.39, 0.29) is 12.2 Å². The van der Waals surface area contributed by atoms with Gasteiger partial charge in [0.05, 0.1) is 25.5 Å². The molecule has 1 atom stereocenters. The predicted molar refractivity (Wildman–Crippen MR) is 59.9 cm³/mol. The molecule has 0 radical (unpaired) electrons. The van der Waals surface area contributed by atoms with Crippen LogP contribution in [0.3, 0.4) is 0 Å². The number of hydrogen-bond donors (Lipinski definition) is 2. The Morgan fingerprint density at radius 2 is 2.35 bits per heavy atom. The van der Waals surface area contributed by atoms with E-state index in [0.717, 1.165) is 0 Å². The number of carboxylic acid groups (broad SMARTS) is 1. The second-order valence-corrected chi connectivity index (χ2v) is 3.87. The Labute approximate surface area is 99.4 Å². The van der Waals surface area contributed by atoms with E-state index in [1.165, 1.54) is 19.4 Å². The number of carboxylic acids is 1. The molecule has 0 amide bonds. The third kappa shape index (κ3) is 4.18. The quantitative estimate of drug-likeness (QED) is 0.722. The summed E-state index contributed by atoms with van der Waals surface area (Å²) in [6.07, 6.45) is 0.742. The highest BCUT2D eigenvalue weighted by Gasteiger charge is 2.16. The van der Waals surface area contributed by atoms with Crippen molar-refractivity contribution in [3.63, 3.8) is 0 Å². The molecule has 6 heteroatoms. The Balaban J connectivity index is 2.53. The molecule has 1 heterocycles. The summed E-state index contributed by atoms with van der Waals surface area (Å²) in [7, 11) is 3.28. The summed E-state index contributed by atoms with van der Waals surface area (Å²) < 4.78 is 9.91. The van der Waals surface area contributed by atoms with Crippen molar-refractivity contribution in [2.24, 2.45) is 0 Å². The Morgan fingerprint density at radius 1 is 1.65 bits per heavy atom. The zero-order valence-electron chi connectivity index (χ0n) is 9.92. The lowest BCUT2D eigenvalue weighted by Gasteiger charge is -2.19. The van der Waals surface area contributed by atoms with Gasteiger partial charge < -0.3 is 19.4 Å². The van der Waals surface area contributed by atoms with Gasteiger partial charge in [0, 0.05) is 13.7 Å². The van der Waals surface area contributed by atoms with Crippen LogP contribution in [-0.2, 0) is 11.3 Å². The van der Waals surface area contributed by atoms with Gasteiger partial charge in [-0.2, -0.15) is 0 Å². The van der Waals surface area contributed by atoms with Gasteiger partial charge in [-0.3, -0.25) is 4.90 Å². The van der Waals surface area contributed by atoms with E-state index < -0.39 is 12.1 Å². The second-order valence-electron chi connectivity index (χ2n) is 3.87. The van der Waals surface area contributed by atoms with E-state index in [2.05, 4.69) is 0 Å². The summed E-state index contributed by atoms with van der Waals surface area (Å²) in [4.78, 5) is 12.6. The monoisotopic (exact) mass is 243 g/mol. The van der Waals surface area contributed by atoms with Gasteiger partial charge in [-0.15, -0.1) is 0 Å². The van der Waals surface area contributed by atoms with E-state index in [4.69, 9.17) is 14.3 Å². The molecule has 1 unspecified atom stereocenters. The summed E-state index contributed by atoms with van der Waals surface area (Å²) in [5.41, 5.74) is 0.151. The third-order valence-corrected chi connectivity index (χ3v) is 2.27. The van der Waals surface area contributed by atoms with E-state index >= 15 is 0 Å². The minimum Gasteiger partial charge on any atom is -0.478 e. The van der Waals surface area contributed by atoms with Crippen LogP contribution >= 0.6 is 0 Å². The van der Waals surface area contributed by atoms with Crippen molar-refractivity contribution in [1.82, 2.24) is 4.90 Å². The van der Waals surface area contributed by atoms with Crippen LogP contribution in [0.5, 0.6) is 0 Å². The topological polar surface area (TPSA) is 83.1 Å². The fourth-order valence-corrected chi connectivity index (χ4v) is 1.57. The maximum atomic E-state index is 10.8. The Bertz CT molecular complexity index is 362. The summed E-state index contributed by atoms with van der Waals surface area (Å²) in [6, 6.07) is 1.41. The van der Waals surface area contributed by atoms with Crippen molar-refractivity contribution in [2.75, 3.05) is 27.3 Å². The first-order chi connectivity index (χ1) is 8.04. The zero-order valence-corrected chi connectivity index (χ0v) is 9.92. The average Bonchev–Trinajstić information content (AvgIpc) is 2.65. The number of likely N-dealkylation sites (N-methyl/N-ethyl adjacent to an activating group) is 1. The normalized spacial score (nSPS) is 12.9. The third-order valence-electron chi connectivity index (χ3n) is 2.27. The van der Waals surface area contributed by atoms with Crippen LogP contribution in [0.4, 0.5) is 0 Å². The van der Waals surface area contributed by atoms with Crippen LogP contribution in [0.25, 0.3) is 0 Å². The highest BCUT2D eigenvalue weighted by molar-refractivity contribution is 5.88. The van der Waals surface area contributed by atoms with Crippen molar-refractivity contribution in [3.05, 3.63) is 23.7 Å². The first kappa shape index (κ1) is 13.7. The van der Waals surface area contributed by atoms with E-state index in [1.54, 1.807) is 11.9 Å². The minimum atomic E-state index is -1.01. The summed E-state index contributed by atoms with van der Waals surface area (Å²) in [6.45, 7) is 0.956. The van der Waals surface area contributed by atoms with Gasteiger partial charge in [-0.1, -0.05) is 0 Å². The van der Waals surface area contributed by atoms with Gasteiger partial charge in [0.15, 0.2) is 0 Å². The van der Waals surface area contributed by atoms with Crippen LogP contribution in [0.1, 0.15) is 16.1 Å². The highest BCUT2D eigenvalue weighted by atomic mass is 16.5. The Morgan fingerprint density at radius 3 is 2.94 bits per heavy atom. The fourth-order valence-electron chi connectivity index (χ4n) is 1.57. The number of aliphatic hydroxyl groups is 1. The summed E-state index contributed by atoms with van der Waals surface area (Å²) in [5.74, 6) is -0.635. The number of aromatic carboxylic acids is 1. The lowest BCUT2D eigenvalue weighted by atomic mass is 10.2. The van der Waals surface area contributed by atoms with Crippen molar-refractivity contribution < 1.29 is 24.2 Å². The average molecular weight is 243 g/mol. The molecule has 0 saturated heterocycles. The number of nitrogens with zero attached hydrogens (tertiary/aromatic N) is 1. The molecule has 17 heavy (non-hydrogen) atoms. The van der Waals surface area contributed by atoms with Crippen molar-refractivity contribution in [1.29, 1.82) is 0 Å². The second kappa shape index (κ2) is 6.39. The SMILES string of the molecule is COCC(O)CN(C)Cc1occc1C(=O)O. The Kier molecular flexibility index (Phi) is 5.14. The molecule has 0 saturated carbocycles. The molecular formula is C11H17NO5. The summed E-state index contributed by atoms with van der Waals surface area (Å²) >= 11 is 0. The van der Waals surface area contributed by atoms with Crippen molar-refractivity contribution in [3.8, 4) is 0 Å². The van der Waals surface area contributed by atoms with Gasteiger partial charge in [0.2, 0.25) is 0 Å². The summed E-state index contributed by atoms with van der Waals surface area (Å²) in [5, 5.41) is 18.4.